The average molecular weight is 349 g/mol. The number of rotatable bonds is 6. The fraction of sp³-hybridized carbons (Fsp3) is 0.444. The highest BCUT2D eigenvalue weighted by Gasteiger charge is 2.33. The Balaban J connectivity index is 1.78. The third-order valence-corrected chi connectivity index (χ3v) is 5.13. The fourth-order valence-electron chi connectivity index (χ4n) is 3.04. The lowest BCUT2D eigenvalue weighted by Gasteiger charge is -2.32. The number of likely N-dealkylation sites (tertiary alicyclic amines) is 1. The summed E-state index contributed by atoms with van der Waals surface area (Å²) in [6, 6.07) is 4.71. The third-order valence-electron chi connectivity index (χ3n) is 4.54. The molecule has 1 unspecified atom stereocenters. The van der Waals surface area contributed by atoms with E-state index >= 15 is 0 Å². The number of ether oxygens (including phenoxy) is 1. The van der Waals surface area contributed by atoms with Crippen molar-refractivity contribution in [2.24, 2.45) is 5.92 Å². The number of ketones is 1. The van der Waals surface area contributed by atoms with Gasteiger partial charge >= 0.3 is 0 Å². The Morgan fingerprint density at radius 3 is 2.88 bits per heavy atom. The predicted molar refractivity (Wildman–Crippen MR) is 91.4 cm³/mol. The summed E-state index contributed by atoms with van der Waals surface area (Å²) in [6.07, 6.45) is 3.98. The van der Waals surface area contributed by atoms with Crippen LogP contribution in [0.5, 0.6) is 0 Å². The summed E-state index contributed by atoms with van der Waals surface area (Å²) >= 11 is 4.49. The molecule has 6 heteroatoms. The van der Waals surface area contributed by atoms with Gasteiger partial charge in [0.2, 0.25) is 0 Å². The highest BCUT2D eigenvalue weighted by Crippen LogP contribution is 2.34. The summed E-state index contributed by atoms with van der Waals surface area (Å²) in [7, 11) is 0. The van der Waals surface area contributed by atoms with Gasteiger partial charge in [0.1, 0.15) is 5.82 Å². The zero-order valence-electron chi connectivity index (χ0n) is 13.3. The molecule has 2 aliphatic rings. The largest absolute Gasteiger partial charge is 0.437 e. The van der Waals surface area contributed by atoms with Crippen molar-refractivity contribution in [2.75, 3.05) is 13.1 Å². The molecule has 0 radical (unpaired) electrons. The second-order valence-corrected chi connectivity index (χ2v) is 6.97. The number of benzene rings is 1. The van der Waals surface area contributed by atoms with Crippen LogP contribution in [-0.2, 0) is 16.1 Å². The van der Waals surface area contributed by atoms with Crippen molar-refractivity contribution in [1.82, 2.24) is 4.90 Å². The monoisotopic (exact) mass is 349 g/mol. The molecule has 0 amide bonds. The molecule has 1 aromatic carbocycles. The van der Waals surface area contributed by atoms with Crippen molar-refractivity contribution in [2.45, 2.75) is 31.1 Å². The lowest BCUT2D eigenvalue weighted by atomic mass is 9.98. The molecule has 1 saturated heterocycles. The molecule has 1 aliphatic heterocycles. The van der Waals surface area contributed by atoms with Crippen LogP contribution >= 0.6 is 12.6 Å². The first-order valence-corrected chi connectivity index (χ1v) is 8.62. The number of carbonyl (C=O) groups excluding carboxylic acids is 2. The van der Waals surface area contributed by atoms with E-state index in [0.717, 1.165) is 31.4 Å². The van der Waals surface area contributed by atoms with Crippen molar-refractivity contribution in [3.05, 3.63) is 47.0 Å². The minimum atomic E-state index is -0.343. The molecule has 0 aromatic heterocycles. The lowest BCUT2D eigenvalue weighted by molar-refractivity contribution is -0.123. The van der Waals surface area contributed by atoms with Crippen molar-refractivity contribution < 1.29 is 18.7 Å². The van der Waals surface area contributed by atoms with E-state index in [-0.39, 0.29) is 22.8 Å². The average Bonchev–Trinajstić information content (AvgIpc) is 3.41. The van der Waals surface area contributed by atoms with Gasteiger partial charge < -0.3 is 4.74 Å². The number of thiol groups is 1. The van der Waals surface area contributed by atoms with Crippen LogP contribution in [0.1, 0.15) is 35.2 Å². The first-order chi connectivity index (χ1) is 11.6. The van der Waals surface area contributed by atoms with Crippen LogP contribution in [0.3, 0.4) is 0 Å². The molecule has 0 spiro atoms. The number of piperidine rings is 1. The van der Waals surface area contributed by atoms with Crippen molar-refractivity contribution >= 4 is 24.9 Å². The SMILES string of the molecule is O=CO/C=C1/CN(Cc2c(F)cccc2C(=O)C2CC2)CCC1S. The maximum absolute atomic E-state index is 14.3. The standard InChI is InChI=1S/C18H20FNO3S/c19-16-3-1-2-14(18(22)12-4-5-12)15(16)9-20-7-6-17(24)13(8-20)10-23-11-21/h1-3,10-12,17,24H,4-9H2/b13-10-. The van der Waals surface area contributed by atoms with Gasteiger partial charge in [-0.25, -0.2) is 4.39 Å². The molecule has 128 valence electrons. The fourth-order valence-corrected chi connectivity index (χ4v) is 3.30. The number of hydrogen-bond acceptors (Lipinski definition) is 5. The van der Waals surface area contributed by atoms with E-state index in [0.29, 0.717) is 30.7 Å². The van der Waals surface area contributed by atoms with Gasteiger partial charge in [-0.3, -0.25) is 14.5 Å². The number of Topliss-reactive ketones (excluding diaryl/α,β-unsaturated/α-hetero) is 1. The van der Waals surface area contributed by atoms with Crippen molar-refractivity contribution in [1.29, 1.82) is 0 Å². The zero-order chi connectivity index (χ0) is 17.1. The van der Waals surface area contributed by atoms with Gasteiger partial charge in [-0.2, -0.15) is 12.6 Å². The second-order valence-electron chi connectivity index (χ2n) is 6.34. The molecule has 24 heavy (non-hydrogen) atoms. The third kappa shape index (κ3) is 3.87. The van der Waals surface area contributed by atoms with E-state index in [1.165, 1.54) is 12.3 Å². The topological polar surface area (TPSA) is 46.6 Å². The number of hydrogen-bond donors (Lipinski definition) is 1. The quantitative estimate of drug-likeness (QED) is 0.371. The molecular formula is C18H20FNO3S. The highest BCUT2D eigenvalue weighted by atomic mass is 32.1. The van der Waals surface area contributed by atoms with Crippen LogP contribution in [0, 0.1) is 11.7 Å². The van der Waals surface area contributed by atoms with Gasteiger partial charge in [-0.1, -0.05) is 12.1 Å². The number of halogens is 1. The first kappa shape index (κ1) is 17.2. The number of nitrogens with zero attached hydrogens (tertiary/aromatic N) is 1. The molecule has 3 rings (SSSR count). The zero-order valence-corrected chi connectivity index (χ0v) is 14.2. The maximum Gasteiger partial charge on any atom is 0.297 e. The Morgan fingerprint density at radius 2 is 2.17 bits per heavy atom. The van der Waals surface area contributed by atoms with E-state index in [2.05, 4.69) is 17.5 Å². The smallest absolute Gasteiger partial charge is 0.297 e. The van der Waals surface area contributed by atoms with Crippen LogP contribution in [0.2, 0.25) is 0 Å². The van der Waals surface area contributed by atoms with Gasteiger partial charge in [-0.15, -0.1) is 0 Å². The molecular weight excluding hydrogens is 329 g/mol. The summed E-state index contributed by atoms with van der Waals surface area (Å²) in [5.41, 5.74) is 1.84. The van der Waals surface area contributed by atoms with Crippen LogP contribution in [-0.4, -0.2) is 35.5 Å². The Labute approximate surface area is 146 Å². The Bertz CT molecular complexity index is 672. The first-order valence-electron chi connectivity index (χ1n) is 8.10. The minimum absolute atomic E-state index is 0.0226. The summed E-state index contributed by atoms with van der Waals surface area (Å²) in [5, 5.41) is 0.0226. The minimum Gasteiger partial charge on any atom is -0.437 e. The molecule has 1 saturated carbocycles. The van der Waals surface area contributed by atoms with Gasteiger partial charge in [0, 0.05) is 41.9 Å². The maximum atomic E-state index is 14.3. The van der Waals surface area contributed by atoms with E-state index in [1.807, 2.05) is 0 Å². The summed E-state index contributed by atoms with van der Waals surface area (Å²) in [6.45, 7) is 2.01. The Morgan fingerprint density at radius 1 is 1.38 bits per heavy atom. The molecule has 0 bridgehead atoms. The second kappa shape index (κ2) is 7.49. The molecule has 0 N–H and O–H groups in total. The van der Waals surface area contributed by atoms with E-state index in [9.17, 15) is 14.0 Å². The normalized spacial score (nSPS) is 23.2. The van der Waals surface area contributed by atoms with Crippen molar-refractivity contribution in [3.63, 3.8) is 0 Å². The predicted octanol–water partition coefficient (Wildman–Crippen LogP) is 2.98. The molecule has 2 fully saturated rings. The van der Waals surface area contributed by atoms with E-state index < -0.39 is 0 Å². The highest BCUT2D eigenvalue weighted by molar-refractivity contribution is 7.81. The molecule has 1 aromatic rings. The summed E-state index contributed by atoms with van der Waals surface area (Å²) in [5.74, 6) is -0.233. The van der Waals surface area contributed by atoms with Crippen LogP contribution in [0.4, 0.5) is 4.39 Å². The Hall–Kier alpha value is -1.66. The Kier molecular flexibility index (Phi) is 5.36. The lowest BCUT2D eigenvalue weighted by Crippen LogP contribution is -2.36. The summed E-state index contributed by atoms with van der Waals surface area (Å²) < 4.78 is 19.1. The van der Waals surface area contributed by atoms with Crippen LogP contribution in [0.25, 0.3) is 0 Å². The van der Waals surface area contributed by atoms with Gasteiger partial charge in [0.05, 0.1) is 6.26 Å². The van der Waals surface area contributed by atoms with E-state index in [4.69, 9.17) is 4.74 Å². The van der Waals surface area contributed by atoms with Gasteiger partial charge in [-0.05, 0) is 30.9 Å². The molecule has 1 heterocycles. The van der Waals surface area contributed by atoms with Crippen LogP contribution in [0.15, 0.2) is 30.0 Å². The van der Waals surface area contributed by atoms with Gasteiger partial charge in [0.25, 0.3) is 6.47 Å². The molecule has 1 aliphatic carbocycles. The van der Waals surface area contributed by atoms with Gasteiger partial charge in [0.15, 0.2) is 5.78 Å². The van der Waals surface area contributed by atoms with E-state index in [1.54, 1.807) is 12.1 Å². The summed E-state index contributed by atoms with van der Waals surface area (Å²) in [4.78, 5) is 24.8. The molecule has 1 atom stereocenters. The molecule has 4 nitrogen and oxygen atoms in total. The van der Waals surface area contributed by atoms with Crippen LogP contribution < -0.4 is 0 Å². The van der Waals surface area contributed by atoms with Crippen molar-refractivity contribution in [3.8, 4) is 0 Å². The number of carbonyl (C=O) groups is 2.